The van der Waals surface area contributed by atoms with Gasteiger partial charge in [-0.2, -0.15) is 0 Å². The lowest BCUT2D eigenvalue weighted by Crippen LogP contribution is -2.27. The second-order valence-corrected chi connectivity index (χ2v) is 4.32. The zero-order valence-corrected chi connectivity index (χ0v) is 10.4. The molecule has 0 heterocycles. The number of hydrogen-bond donors (Lipinski definition) is 2. The molecule has 0 spiro atoms. The summed E-state index contributed by atoms with van der Waals surface area (Å²) >= 11 is 5.77. The first-order chi connectivity index (χ1) is 8.66. The summed E-state index contributed by atoms with van der Waals surface area (Å²) in [6.07, 6.45) is 0. The average molecular weight is 261 g/mol. The molecule has 0 fully saturated rings. The van der Waals surface area contributed by atoms with Gasteiger partial charge in [0, 0.05) is 10.7 Å². The van der Waals surface area contributed by atoms with Gasteiger partial charge in [0.2, 0.25) is 5.91 Å². The molecule has 0 radical (unpaired) electrons. The van der Waals surface area contributed by atoms with E-state index in [4.69, 9.17) is 17.3 Å². The smallest absolute Gasteiger partial charge is 0.245 e. The maximum Gasteiger partial charge on any atom is 0.245 e. The molecule has 0 aliphatic heterocycles. The minimum absolute atomic E-state index is 0.247. The summed E-state index contributed by atoms with van der Waals surface area (Å²) in [6, 6.07) is 15.5. The molecule has 92 valence electrons. The number of benzene rings is 2. The lowest BCUT2D eigenvalue weighted by molar-refractivity contribution is -0.117. The van der Waals surface area contributed by atoms with Gasteiger partial charge >= 0.3 is 0 Å². The van der Waals surface area contributed by atoms with Crippen LogP contribution in [-0.2, 0) is 4.79 Å². The van der Waals surface area contributed by atoms with Gasteiger partial charge in [-0.3, -0.25) is 4.79 Å². The molecule has 0 aliphatic carbocycles. The van der Waals surface area contributed by atoms with Gasteiger partial charge in [-0.05, 0) is 29.8 Å². The molecule has 3 N–H and O–H groups in total. The summed E-state index contributed by atoms with van der Waals surface area (Å²) in [4.78, 5) is 11.9. The van der Waals surface area contributed by atoms with E-state index >= 15 is 0 Å². The van der Waals surface area contributed by atoms with Crippen LogP contribution in [-0.4, -0.2) is 5.91 Å². The van der Waals surface area contributed by atoms with Crippen LogP contribution in [0, 0.1) is 0 Å². The summed E-state index contributed by atoms with van der Waals surface area (Å²) in [7, 11) is 0. The molecule has 3 nitrogen and oxygen atoms in total. The van der Waals surface area contributed by atoms with Crippen molar-refractivity contribution in [3.8, 4) is 0 Å². The number of carbonyl (C=O) groups is 1. The first-order valence-electron chi connectivity index (χ1n) is 5.54. The van der Waals surface area contributed by atoms with Gasteiger partial charge in [0.15, 0.2) is 0 Å². The molecular formula is C14H13ClN2O. The van der Waals surface area contributed by atoms with Crippen LogP contribution in [0.1, 0.15) is 11.6 Å². The Hall–Kier alpha value is -1.84. The van der Waals surface area contributed by atoms with Crippen molar-refractivity contribution in [2.45, 2.75) is 6.04 Å². The van der Waals surface area contributed by atoms with Crippen LogP contribution in [0.2, 0.25) is 5.02 Å². The van der Waals surface area contributed by atoms with E-state index in [1.165, 1.54) is 0 Å². The van der Waals surface area contributed by atoms with E-state index in [-0.39, 0.29) is 5.91 Å². The molecule has 0 unspecified atom stereocenters. The maximum absolute atomic E-state index is 11.9. The number of hydrogen-bond acceptors (Lipinski definition) is 2. The second-order valence-electron chi connectivity index (χ2n) is 3.88. The Morgan fingerprint density at radius 2 is 1.67 bits per heavy atom. The highest BCUT2D eigenvalue weighted by atomic mass is 35.5. The van der Waals surface area contributed by atoms with Gasteiger partial charge in [-0.25, -0.2) is 0 Å². The van der Waals surface area contributed by atoms with Crippen LogP contribution in [0.25, 0.3) is 0 Å². The fourth-order valence-electron chi connectivity index (χ4n) is 1.56. The lowest BCUT2D eigenvalue weighted by Gasteiger charge is -2.12. The normalized spacial score (nSPS) is 11.9. The van der Waals surface area contributed by atoms with Crippen molar-refractivity contribution in [3.63, 3.8) is 0 Å². The number of halogens is 1. The molecule has 1 atom stereocenters. The van der Waals surface area contributed by atoms with E-state index in [1.54, 1.807) is 24.3 Å². The largest absolute Gasteiger partial charge is 0.324 e. The summed E-state index contributed by atoms with van der Waals surface area (Å²) < 4.78 is 0. The third kappa shape index (κ3) is 3.09. The van der Waals surface area contributed by atoms with Crippen molar-refractivity contribution < 1.29 is 4.79 Å². The number of rotatable bonds is 3. The topological polar surface area (TPSA) is 55.1 Å². The molecule has 18 heavy (non-hydrogen) atoms. The van der Waals surface area contributed by atoms with Gasteiger partial charge in [0.05, 0.1) is 0 Å². The number of anilines is 1. The molecule has 0 aliphatic rings. The SMILES string of the molecule is N[C@H](C(=O)Nc1ccc(Cl)cc1)c1ccccc1. The maximum atomic E-state index is 11.9. The minimum atomic E-state index is -0.679. The molecule has 0 saturated heterocycles. The van der Waals surface area contributed by atoms with Crippen LogP contribution in [0.4, 0.5) is 5.69 Å². The van der Waals surface area contributed by atoms with E-state index in [0.717, 1.165) is 5.56 Å². The van der Waals surface area contributed by atoms with Gasteiger partial charge < -0.3 is 11.1 Å². The fourth-order valence-corrected chi connectivity index (χ4v) is 1.69. The van der Waals surface area contributed by atoms with Crippen molar-refractivity contribution in [1.29, 1.82) is 0 Å². The van der Waals surface area contributed by atoms with Crippen molar-refractivity contribution in [3.05, 3.63) is 65.2 Å². The molecule has 0 aromatic heterocycles. The van der Waals surface area contributed by atoms with Crippen LogP contribution in [0.15, 0.2) is 54.6 Å². The Bertz CT molecular complexity index is 525. The van der Waals surface area contributed by atoms with Gasteiger partial charge in [0.25, 0.3) is 0 Å². The highest BCUT2D eigenvalue weighted by Crippen LogP contribution is 2.16. The molecule has 0 saturated carbocycles. The molecular weight excluding hydrogens is 248 g/mol. The number of nitrogens with two attached hydrogens (primary N) is 1. The summed E-state index contributed by atoms with van der Waals surface area (Å²) in [6.45, 7) is 0. The molecule has 4 heteroatoms. The fraction of sp³-hybridized carbons (Fsp3) is 0.0714. The van der Waals surface area contributed by atoms with E-state index in [2.05, 4.69) is 5.32 Å². The quantitative estimate of drug-likeness (QED) is 0.891. The van der Waals surface area contributed by atoms with Crippen molar-refractivity contribution in [2.75, 3.05) is 5.32 Å². The highest BCUT2D eigenvalue weighted by molar-refractivity contribution is 6.30. The van der Waals surface area contributed by atoms with Crippen LogP contribution >= 0.6 is 11.6 Å². The van der Waals surface area contributed by atoms with E-state index in [9.17, 15) is 4.79 Å². The van der Waals surface area contributed by atoms with Gasteiger partial charge in [-0.1, -0.05) is 41.9 Å². The third-order valence-corrected chi connectivity index (χ3v) is 2.80. The molecule has 2 aromatic carbocycles. The van der Waals surface area contributed by atoms with Crippen molar-refractivity contribution in [1.82, 2.24) is 0 Å². The Kier molecular flexibility index (Phi) is 3.97. The van der Waals surface area contributed by atoms with E-state index in [0.29, 0.717) is 10.7 Å². The van der Waals surface area contributed by atoms with Crippen molar-refractivity contribution >= 4 is 23.2 Å². The van der Waals surface area contributed by atoms with Gasteiger partial charge in [0.1, 0.15) is 6.04 Å². The average Bonchev–Trinajstić information content (AvgIpc) is 2.41. The predicted molar refractivity (Wildman–Crippen MR) is 73.5 cm³/mol. The second kappa shape index (κ2) is 5.67. The molecule has 2 aromatic rings. The molecule has 1 amide bonds. The third-order valence-electron chi connectivity index (χ3n) is 2.55. The minimum Gasteiger partial charge on any atom is -0.324 e. The monoisotopic (exact) mass is 260 g/mol. The summed E-state index contributed by atoms with van der Waals surface area (Å²) in [5.41, 5.74) is 7.34. The Balaban J connectivity index is 2.06. The molecule has 0 bridgehead atoms. The van der Waals surface area contributed by atoms with Crippen molar-refractivity contribution in [2.24, 2.45) is 5.73 Å². The van der Waals surface area contributed by atoms with Crippen LogP contribution in [0.3, 0.4) is 0 Å². The standard InChI is InChI=1S/C14H13ClN2O/c15-11-6-8-12(9-7-11)17-14(18)13(16)10-4-2-1-3-5-10/h1-9,13H,16H2,(H,17,18)/t13-/m0/s1. The van der Waals surface area contributed by atoms with E-state index < -0.39 is 6.04 Å². The lowest BCUT2D eigenvalue weighted by atomic mass is 10.1. The molecule has 2 rings (SSSR count). The Morgan fingerprint density at radius 3 is 2.28 bits per heavy atom. The summed E-state index contributed by atoms with van der Waals surface area (Å²) in [5, 5.41) is 3.37. The van der Waals surface area contributed by atoms with Crippen LogP contribution in [0.5, 0.6) is 0 Å². The first kappa shape index (κ1) is 12.6. The van der Waals surface area contributed by atoms with Gasteiger partial charge in [-0.15, -0.1) is 0 Å². The summed E-state index contributed by atoms with van der Waals surface area (Å²) in [5.74, 6) is -0.247. The number of nitrogens with one attached hydrogen (secondary N) is 1. The van der Waals surface area contributed by atoms with E-state index in [1.807, 2.05) is 30.3 Å². The van der Waals surface area contributed by atoms with Crippen LogP contribution < -0.4 is 11.1 Å². The highest BCUT2D eigenvalue weighted by Gasteiger charge is 2.15. The zero-order chi connectivity index (χ0) is 13.0. The number of carbonyl (C=O) groups excluding carboxylic acids is 1. The predicted octanol–water partition coefficient (Wildman–Crippen LogP) is 2.98. The number of amides is 1. The Morgan fingerprint density at radius 1 is 1.06 bits per heavy atom. The first-order valence-corrected chi connectivity index (χ1v) is 5.91. The zero-order valence-electron chi connectivity index (χ0n) is 9.64. The Labute approximate surface area is 111 Å².